The highest BCUT2D eigenvalue weighted by Crippen LogP contribution is 2.23. The number of rotatable bonds is 3. The van der Waals surface area contributed by atoms with E-state index in [1.165, 1.54) is 11.3 Å². The van der Waals surface area contributed by atoms with E-state index in [0.29, 0.717) is 21.8 Å². The molecule has 0 aliphatic heterocycles. The standard InChI is InChI=1S/C11H9N3O3S2/c12-7-1-2-9-8(5-7)14-11(17-9)19(15,16)6-10-13-3-4-18-10/h1-5H,6,12H2. The highest BCUT2D eigenvalue weighted by Gasteiger charge is 2.23. The lowest BCUT2D eigenvalue weighted by Crippen LogP contribution is -2.04. The van der Waals surface area contributed by atoms with Crippen molar-refractivity contribution >= 4 is 38.0 Å². The number of hydrogen-bond acceptors (Lipinski definition) is 7. The van der Waals surface area contributed by atoms with Gasteiger partial charge in [0.15, 0.2) is 5.58 Å². The molecule has 0 saturated carbocycles. The highest BCUT2D eigenvalue weighted by molar-refractivity contribution is 7.90. The summed E-state index contributed by atoms with van der Waals surface area (Å²) in [6, 6.07) is 4.80. The predicted molar refractivity (Wildman–Crippen MR) is 71.4 cm³/mol. The van der Waals surface area contributed by atoms with Crippen molar-refractivity contribution in [2.45, 2.75) is 11.0 Å². The molecular formula is C11H9N3O3S2. The molecular weight excluding hydrogens is 286 g/mol. The third-order valence-electron chi connectivity index (χ3n) is 2.46. The van der Waals surface area contributed by atoms with Gasteiger partial charge in [-0.1, -0.05) is 0 Å². The van der Waals surface area contributed by atoms with E-state index in [4.69, 9.17) is 10.2 Å². The molecule has 2 N–H and O–H groups in total. The molecule has 2 aromatic heterocycles. The number of benzene rings is 1. The Hall–Kier alpha value is -1.93. The van der Waals surface area contributed by atoms with Crippen LogP contribution in [0.25, 0.3) is 11.1 Å². The molecule has 0 atom stereocenters. The van der Waals surface area contributed by atoms with Crippen LogP contribution in [0.2, 0.25) is 0 Å². The fourth-order valence-electron chi connectivity index (χ4n) is 1.60. The van der Waals surface area contributed by atoms with Crippen molar-refractivity contribution in [2.75, 3.05) is 5.73 Å². The van der Waals surface area contributed by atoms with Crippen molar-refractivity contribution in [3.63, 3.8) is 0 Å². The Morgan fingerprint density at radius 3 is 2.95 bits per heavy atom. The Morgan fingerprint density at radius 1 is 1.37 bits per heavy atom. The number of sulfone groups is 1. The van der Waals surface area contributed by atoms with Crippen LogP contribution in [-0.4, -0.2) is 18.4 Å². The van der Waals surface area contributed by atoms with Gasteiger partial charge in [0.25, 0.3) is 0 Å². The van der Waals surface area contributed by atoms with Crippen LogP contribution in [0.3, 0.4) is 0 Å². The van der Waals surface area contributed by atoms with Crippen molar-refractivity contribution in [2.24, 2.45) is 0 Å². The first-order valence-corrected chi connectivity index (χ1v) is 7.85. The second-order valence-corrected chi connectivity index (χ2v) is 6.74. The lowest BCUT2D eigenvalue weighted by atomic mass is 10.3. The van der Waals surface area contributed by atoms with Crippen molar-refractivity contribution < 1.29 is 12.8 Å². The molecule has 1 aromatic carbocycles. The molecule has 0 spiro atoms. The van der Waals surface area contributed by atoms with Crippen molar-refractivity contribution in [3.05, 3.63) is 34.8 Å². The molecule has 0 amide bonds. The van der Waals surface area contributed by atoms with Gasteiger partial charge in [0.1, 0.15) is 16.3 Å². The van der Waals surface area contributed by atoms with E-state index < -0.39 is 9.84 Å². The summed E-state index contributed by atoms with van der Waals surface area (Å²) in [7, 11) is -3.63. The van der Waals surface area contributed by atoms with Gasteiger partial charge in [0.2, 0.25) is 9.84 Å². The van der Waals surface area contributed by atoms with Crippen LogP contribution < -0.4 is 5.73 Å². The SMILES string of the molecule is Nc1ccc2oc(S(=O)(=O)Cc3nccs3)nc2c1. The quantitative estimate of drug-likeness (QED) is 0.740. The van der Waals surface area contributed by atoms with Crippen molar-refractivity contribution in [1.29, 1.82) is 0 Å². The maximum absolute atomic E-state index is 12.1. The van der Waals surface area contributed by atoms with Gasteiger partial charge in [-0.3, -0.25) is 0 Å². The van der Waals surface area contributed by atoms with E-state index in [9.17, 15) is 8.42 Å². The van der Waals surface area contributed by atoms with Crippen LogP contribution in [0.15, 0.2) is 39.4 Å². The second-order valence-electron chi connectivity index (χ2n) is 3.89. The molecule has 0 radical (unpaired) electrons. The van der Waals surface area contributed by atoms with Crippen LogP contribution in [0.4, 0.5) is 5.69 Å². The minimum Gasteiger partial charge on any atom is -0.428 e. The number of anilines is 1. The van der Waals surface area contributed by atoms with Gasteiger partial charge < -0.3 is 10.2 Å². The van der Waals surface area contributed by atoms with Crippen molar-refractivity contribution in [3.8, 4) is 0 Å². The average molecular weight is 295 g/mol. The van der Waals surface area contributed by atoms with Gasteiger partial charge in [-0.25, -0.2) is 13.4 Å². The topological polar surface area (TPSA) is 99.1 Å². The number of nitrogens with zero attached hydrogens (tertiary/aromatic N) is 2. The minimum atomic E-state index is -3.63. The molecule has 0 aliphatic rings. The first-order valence-electron chi connectivity index (χ1n) is 5.32. The maximum atomic E-state index is 12.1. The monoisotopic (exact) mass is 295 g/mol. The third kappa shape index (κ3) is 2.32. The summed E-state index contributed by atoms with van der Waals surface area (Å²) in [4.78, 5) is 7.91. The highest BCUT2D eigenvalue weighted by atomic mass is 32.2. The summed E-state index contributed by atoms with van der Waals surface area (Å²) in [5.74, 6) is -0.215. The summed E-state index contributed by atoms with van der Waals surface area (Å²) in [6.45, 7) is 0. The summed E-state index contributed by atoms with van der Waals surface area (Å²) in [6.07, 6.45) is 1.56. The fourth-order valence-corrected chi connectivity index (χ4v) is 3.72. The van der Waals surface area contributed by atoms with Gasteiger partial charge in [-0.15, -0.1) is 11.3 Å². The normalized spacial score (nSPS) is 12.0. The van der Waals surface area contributed by atoms with E-state index in [1.807, 2.05) is 0 Å². The summed E-state index contributed by atoms with van der Waals surface area (Å²) < 4.78 is 29.5. The van der Waals surface area contributed by atoms with Crippen LogP contribution in [0.5, 0.6) is 0 Å². The smallest absolute Gasteiger partial charge is 0.316 e. The molecule has 0 saturated heterocycles. The Bertz CT molecular complexity index is 822. The summed E-state index contributed by atoms with van der Waals surface area (Å²) in [5, 5.41) is 1.92. The average Bonchev–Trinajstić information content (AvgIpc) is 2.96. The van der Waals surface area contributed by atoms with E-state index in [1.54, 1.807) is 29.8 Å². The fraction of sp³-hybridized carbons (Fsp3) is 0.0909. The Morgan fingerprint density at radius 2 is 2.21 bits per heavy atom. The van der Waals surface area contributed by atoms with Gasteiger partial charge >= 0.3 is 5.22 Å². The lowest BCUT2D eigenvalue weighted by Gasteiger charge is -1.95. The molecule has 8 heteroatoms. The number of oxazole rings is 1. The third-order valence-corrected chi connectivity index (χ3v) is 4.78. The predicted octanol–water partition coefficient (Wildman–Crippen LogP) is 1.84. The molecule has 0 aliphatic carbocycles. The van der Waals surface area contributed by atoms with E-state index in [0.717, 1.165) is 0 Å². The zero-order chi connectivity index (χ0) is 13.5. The Labute approximate surface area is 112 Å². The molecule has 0 fully saturated rings. The van der Waals surface area contributed by atoms with Gasteiger partial charge in [0, 0.05) is 17.3 Å². The molecule has 2 heterocycles. The number of fused-ring (bicyclic) bond motifs is 1. The van der Waals surface area contributed by atoms with Crippen LogP contribution in [0.1, 0.15) is 5.01 Å². The molecule has 19 heavy (non-hydrogen) atoms. The molecule has 98 valence electrons. The van der Waals surface area contributed by atoms with Crippen LogP contribution >= 0.6 is 11.3 Å². The minimum absolute atomic E-state index is 0.215. The zero-order valence-electron chi connectivity index (χ0n) is 9.61. The van der Waals surface area contributed by atoms with Crippen LogP contribution in [0, 0.1) is 0 Å². The lowest BCUT2D eigenvalue weighted by molar-refractivity contribution is 0.458. The summed E-state index contributed by atoms with van der Waals surface area (Å²) in [5.41, 5.74) is 6.94. The van der Waals surface area contributed by atoms with Gasteiger partial charge in [0.05, 0.1) is 0 Å². The number of aromatic nitrogens is 2. The number of hydrogen-bond donors (Lipinski definition) is 1. The largest absolute Gasteiger partial charge is 0.428 e. The number of thiazole rings is 1. The summed E-state index contributed by atoms with van der Waals surface area (Å²) >= 11 is 1.27. The van der Waals surface area contributed by atoms with E-state index in [-0.39, 0.29) is 11.0 Å². The maximum Gasteiger partial charge on any atom is 0.316 e. The molecule has 3 aromatic rings. The molecule has 0 bridgehead atoms. The Balaban J connectivity index is 2.03. The molecule has 6 nitrogen and oxygen atoms in total. The molecule has 0 unspecified atom stereocenters. The Kier molecular flexibility index (Phi) is 2.76. The van der Waals surface area contributed by atoms with Gasteiger partial charge in [-0.2, -0.15) is 4.98 Å². The first-order chi connectivity index (χ1) is 9.04. The number of nitrogens with two attached hydrogens (primary N) is 1. The zero-order valence-corrected chi connectivity index (χ0v) is 11.2. The molecule has 3 rings (SSSR count). The van der Waals surface area contributed by atoms with Crippen molar-refractivity contribution in [1.82, 2.24) is 9.97 Å². The van der Waals surface area contributed by atoms with E-state index in [2.05, 4.69) is 9.97 Å². The van der Waals surface area contributed by atoms with Gasteiger partial charge in [-0.05, 0) is 18.2 Å². The first kappa shape index (κ1) is 12.1. The number of nitrogen functional groups attached to an aromatic ring is 1. The second kappa shape index (κ2) is 4.32. The van der Waals surface area contributed by atoms with E-state index >= 15 is 0 Å². The van der Waals surface area contributed by atoms with Crippen LogP contribution in [-0.2, 0) is 15.6 Å².